The van der Waals surface area contributed by atoms with Crippen molar-refractivity contribution >= 4 is 11.6 Å². The monoisotopic (exact) mass is 243 g/mol. The van der Waals surface area contributed by atoms with Crippen molar-refractivity contribution in [2.24, 2.45) is 11.8 Å². The summed E-state index contributed by atoms with van der Waals surface area (Å²) in [5, 5.41) is 11.5. The maximum absolute atomic E-state index is 11.7. The van der Waals surface area contributed by atoms with Crippen LogP contribution in [0.15, 0.2) is 24.3 Å². The molecule has 2 rings (SSSR count). The first kappa shape index (κ1) is 12.7. The molecule has 0 aromatic heterocycles. The molecule has 1 aliphatic rings. The Morgan fingerprint density at radius 3 is 2.67 bits per heavy atom. The Hall–Kier alpha value is -1.79. The first-order valence-electron chi connectivity index (χ1n) is 6.21. The average Bonchev–Trinajstić information content (AvgIpc) is 3.09. The summed E-state index contributed by atoms with van der Waals surface area (Å²) in [6.07, 6.45) is 1.48. The fourth-order valence-electron chi connectivity index (χ4n) is 1.78. The minimum atomic E-state index is 0.0840. The number of hydrogen-bond acceptors (Lipinski definition) is 2. The van der Waals surface area contributed by atoms with E-state index >= 15 is 0 Å². The number of carbonyl (C=O) groups is 1. The lowest BCUT2D eigenvalue weighted by Gasteiger charge is -2.04. The molecular weight excluding hydrogens is 226 g/mol. The van der Waals surface area contributed by atoms with Crippen molar-refractivity contribution in [3.63, 3.8) is 0 Å². The third-order valence-corrected chi connectivity index (χ3v) is 3.07. The average molecular weight is 243 g/mol. The van der Waals surface area contributed by atoms with E-state index in [1.807, 2.05) is 24.3 Å². The van der Waals surface area contributed by atoms with Gasteiger partial charge in [0.25, 0.3) is 0 Å². The molecule has 3 heteroatoms. The van der Waals surface area contributed by atoms with Gasteiger partial charge in [0.1, 0.15) is 0 Å². The Bertz CT molecular complexity index is 481. The van der Waals surface area contributed by atoms with Crippen LogP contribution >= 0.6 is 0 Å². The molecule has 1 aromatic rings. The first-order valence-corrected chi connectivity index (χ1v) is 6.21. The van der Waals surface area contributed by atoms with Crippen LogP contribution in [0.2, 0.25) is 0 Å². The molecule has 1 aromatic carbocycles. The number of aliphatic hydroxyl groups is 1. The Labute approximate surface area is 107 Å². The Morgan fingerprint density at radius 2 is 2.11 bits per heavy atom. The van der Waals surface area contributed by atoms with Gasteiger partial charge in [-0.2, -0.15) is 0 Å². The van der Waals surface area contributed by atoms with Crippen molar-refractivity contribution in [2.45, 2.75) is 19.8 Å². The lowest BCUT2D eigenvalue weighted by Crippen LogP contribution is -2.14. The summed E-state index contributed by atoms with van der Waals surface area (Å²) in [7, 11) is 0. The van der Waals surface area contributed by atoms with Gasteiger partial charge in [-0.3, -0.25) is 4.79 Å². The van der Waals surface area contributed by atoms with E-state index in [1.165, 1.54) is 0 Å². The molecule has 0 radical (unpaired) electrons. The van der Waals surface area contributed by atoms with E-state index in [0.29, 0.717) is 12.3 Å². The van der Waals surface area contributed by atoms with Crippen LogP contribution < -0.4 is 5.32 Å². The fourth-order valence-corrected chi connectivity index (χ4v) is 1.78. The molecule has 2 atom stereocenters. The van der Waals surface area contributed by atoms with Crippen LogP contribution in [-0.4, -0.2) is 17.6 Å². The van der Waals surface area contributed by atoms with Gasteiger partial charge in [0.2, 0.25) is 5.91 Å². The second-order valence-corrected chi connectivity index (χ2v) is 4.66. The second-order valence-electron chi connectivity index (χ2n) is 4.66. The quantitative estimate of drug-likeness (QED) is 0.798. The van der Waals surface area contributed by atoms with E-state index in [2.05, 4.69) is 24.1 Å². The van der Waals surface area contributed by atoms with Gasteiger partial charge in [0.05, 0.1) is 6.61 Å². The van der Waals surface area contributed by atoms with Crippen LogP contribution in [-0.2, 0) is 4.79 Å². The predicted molar refractivity (Wildman–Crippen MR) is 70.9 cm³/mol. The van der Waals surface area contributed by atoms with Crippen molar-refractivity contribution in [1.82, 2.24) is 0 Å². The summed E-state index contributed by atoms with van der Waals surface area (Å²) in [5.74, 6) is 6.63. The van der Waals surface area contributed by atoms with Crippen LogP contribution in [0.4, 0.5) is 5.69 Å². The van der Waals surface area contributed by atoms with Gasteiger partial charge < -0.3 is 10.4 Å². The number of amides is 1. The summed E-state index contributed by atoms with van der Waals surface area (Å²) in [4.78, 5) is 11.7. The van der Waals surface area contributed by atoms with Gasteiger partial charge in [-0.05, 0) is 36.6 Å². The minimum Gasteiger partial charge on any atom is -0.395 e. The molecule has 2 unspecified atom stereocenters. The zero-order valence-corrected chi connectivity index (χ0v) is 10.4. The topological polar surface area (TPSA) is 49.3 Å². The largest absolute Gasteiger partial charge is 0.395 e. The fraction of sp³-hybridized carbons (Fsp3) is 0.400. The lowest BCUT2D eigenvalue weighted by molar-refractivity contribution is -0.117. The smallest absolute Gasteiger partial charge is 0.227 e. The van der Waals surface area contributed by atoms with Crippen molar-refractivity contribution in [1.29, 1.82) is 0 Å². The van der Waals surface area contributed by atoms with E-state index in [9.17, 15) is 4.79 Å². The summed E-state index contributed by atoms with van der Waals surface area (Å²) >= 11 is 0. The molecule has 1 aliphatic carbocycles. The van der Waals surface area contributed by atoms with Crippen molar-refractivity contribution in [2.75, 3.05) is 11.9 Å². The van der Waals surface area contributed by atoms with E-state index in [0.717, 1.165) is 17.7 Å². The molecular formula is C15H17NO2. The van der Waals surface area contributed by atoms with Gasteiger partial charge in [-0.1, -0.05) is 18.8 Å². The van der Waals surface area contributed by atoms with Crippen molar-refractivity contribution < 1.29 is 9.90 Å². The molecule has 94 valence electrons. The van der Waals surface area contributed by atoms with Crippen molar-refractivity contribution in [3.8, 4) is 11.8 Å². The number of anilines is 1. The van der Waals surface area contributed by atoms with E-state index in [-0.39, 0.29) is 18.4 Å². The molecule has 0 heterocycles. The van der Waals surface area contributed by atoms with Gasteiger partial charge in [-0.25, -0.2) is 0 Å². The SMILES string of the molecule is CC1CC1C(=O)Nc1ccc(C#CCCO)cc1. The van der Waals surface area contributed by atoms with Gasteiger partial charge in [-0.15, -0.1) is 0 Å². The van der Waals surface area contributed by atoms with Gasteiger partial charge in [0.15, 0.2) is 0 Å². The van der Waals surface area contributed by atoms with Crippen LogP contribution in [0.1, 0.15) is 25.3 Å². The predicted octanol–water partition coefficient (Wildman–Crippen LogP) is 2.01. The highest BCUT2D eigenvalue weighted by molar-refractivity contribution is 5.94. The minimum absolute atomic E-state index is 0.0840. The normalized spacial score (nSPS) is 20.8. The third-order valence-electron chi connectivity index (χ3n) is 3.07. The van der Waals surface area contributed by atoms with Crippen LogP contribution in [0.3, 0.4) is 0 Å². The summed E-state index contributed by atoms with van der Waals surface area (Å²) < 4.78 is 0. The van der Waals surface area contributed by atoms with Gasteiger partial charge >= 0.3 is 0 Å². The molecule has 0 aliphatic heterocycles. The molecule has 1 saturated carbocycles. The molecule has 3 nitrogen and oxygen atoms in total. The number of rotatable bonds is 3. The molecule has 1 amide bonds. The van der Waals surface area contributed by atoms with E-state index in [1.54, 1.807) is 0 Å². The van der Waals surface area contributed by atoms with Crippen LogP contribution in [0.5, 0.6) is 0 Å². The molecule has 0 bridgehead atoms. The highest BCUT2D eigenvalue weighted by Crippen LogP contribution is 2.38. The standard InChI is InChI=1S/C15H17NO2/c1-11-10-14(11)15(18)16-13-7-5-12(6-8-13)4-2-3-9-17/h5-8,11,14,17H,3,9-10H2,1H3,(H,16,18). The van der Waals surface area contributed by atoms with E-state index < -0.39 is 0 Å². The Balaban J connectivity index is 1.92. The number of carbonyl (C=O) groups excluding carboxylic acids is 1. The second kappa shape index (κ2) is 5.70. The maximum Gasteiger partial charge on any atom is 0.227 e. The van der Waals surface area contributed by atoms with E-state index in [4.69, 9.17) is 5.11 Å². The Morgan fingerprint density at radius 1 is 1.44 bits per heavy atom. The molecule has 1 fully saturated rings. The van der Waals surface area contributed by atoms with Crippen molar-refractivity contribution in [3.05, 3.63) is 29.8 Å². The van der Waals surface area contributed by atoms with Crippen LogP contribution in [0, 0.1) is 23.7 Å². The molecule has 0 saturated heterocycles. The highest BCUT2D eigenvalue weighted by Gasteiger charge is 2.38. The summed E-state index contributed by atoms with van der Waals surface area (Å²) in [6.45, 7) is 2.17. The number of aliphatic hydroxyl groups excluding tert-OH is 1. The summed E-state index contributed by atoms with van der Waals surface area (Å²) in [6, 6.07) is 7.45. The zero-order valence-electron chi connectivity index (χ0n) is 10.4. The van der Waals surface area contributed by atoms with Gasteiger partial charge in [0, 0.05) is 23.6 Å². The number of hydrogen-bond donors (Lipinski definition) is 2. The number of nitrogens with one attached hydrogen (secondary N) is 1. The third kappa shape index (κ3) is 3.35. The number of benzene rings is 1. The lowest BCUT2D eigenvalue weighted by atomic mass is 10.2. The highest BCUT2D eigenvalue weighted by atomic mass is 16.2. The molecule has 2 N–H and O–H groups in total. The molecule has 18 heavy (non-hydrogen) atoms. The molecule has 0 spiro atoms. The summed E-state index contributed by atoms with van der Waals surface area (Å²) in [5.41, 5.74) is 1.70. The van der Waals surface area contributed by atoms with Crippen LogP contribution in [0.25, 0.3) is 0 Å². The maximum atomic E-state index is 11.7. The Kier molecular flexibility index (Phi) is 4.01. The first-order chi connectivity index (χ1) is 8.70. The zero-order chi connectivity index (χ0) is 13.0.